The maximum atomic E-state index is 14.0. The average molecular weight is 686 g/mol. The first-order chi connectivity index (χ1) is 22.3. The summed E-state index contributed by atoms with van der Waals surface area (Å²) >= 11 is 0. The number of carbonyl (C=O) groups is 2. The molecule has 260 valence electrons. The number of amides is 2. The van der Waals surface area contributed by atoms with E-state index in [1.165, 1.54) is 0 Å². The van der Waals surface area contributed by atoms with Crippen molar-refractivity contribution in [3.8, 4) is 0 Å². The lowest BCUT2D eigenvalue weighted by Crippen LogP contribution is -2.33. The highest BCUT2D eigenvalue weighted by molar-refractivity contribution is 6.76. The van der Waals surface area contributed by atoms with Crippen molar-refractivity contribution in [2.24, 2.45) is 5.73 Å². The zero-order valence-electron chi connectivity index (χ0n) is 29.2. The Bertz CT molecular complexity index is 1300. The van der Waals surface area contributed by atoms with Crippen LogP contribution < -0.4 is 11.1 Å². The monoisotopic (exact) mass is 685 g/mol. The van der Waals surface area contributed by atoms with Crippen LogP contribution in [0, 0.1) is 0 Å². The molecule has 3 aromatic rings. The van der Waals surface area contributed by atoms with Crippen molar-refractivity contribution in [3.05, 3.63) is 71.8 Å². The van der Waals surface area contributed by atoms with Crippen LogP contribution in [-0.4, -0.2) is 78.5 Å². The zero-order valence-corrected chi connectivity index (χ0v) is 31.2. The van der Waals surface area contributed by atoms with Gasteiger partial charge < -0.3 is 39.3 Å². The first kappa shape index (κ1) is 38.1. The van der Waals surface area contributed by atoms with Gasteiger partial charge in [-0.1, -0.05) is 51.4 Å². The molecule has 0 aliphatic carbocycles. The first-order valence-corrected chi connectivity index (χ1v) is 23.9. The molecule has 0 aliphatic rings. The number of hydrogen-bond acceptors (Lipinski definition) is 8. The van der Waals surface area contributed by atoms with Gasteiger partial charge in [0.1, 0.15) is 25.1 Å². The molecule has 0 bridgehead atoms. The lowest BCUT2D eigenvalue weighted by molar-refractivity contribution is 0.0650. The van der Waals surface area contributed by atoms with E-state index < -0.39 is 22.2 Å². The Labute approximate surface area is 282 Å². The molecular weight excluding hydrogens is 631 g/mol. The molecule has 0 saturated heterocycles. The molecular formula is C33H55N7O5Si2. The van der Waals surface area contributed by atoms with Crippen LogP contribution in [0.1, 0.15) is 40.4 Å². The molecule has 2 heterocycles. The molecule has 0 atom stereocenters. The van der Waals surface area contributed by atoms with E-state index in [0.717, 1.165) is 42.1 Å². The fraction of sp³-hybridized carbons (Fsp3) is 0.576. The van der Waals surface area contributed by atoms with Gasteiger partial charge in [-0.05, 0) is 49.2 Å². The maximum Gasteiger partial charge on any atom is 0.407 e. The standard InChI is InChI=1S/C33H55N7O5Si2/c1-46(2,3)21-19-43-26-38-16-14-35-30(38)24-40(25-31-36-15-17-39(31)27-44-20-22-47(4,5)6)32(41)29-11-9-28(10-12-29)23-37-33(42)45-18-8-7-13-34/h9-12,14-17H,7-8,13,18-27,34H2,1-6H3,(H,37,42). The second-order valence-corrected chi connectivity index (χ2v) is 25.4. The molecule has 1 aromatic carbocycles. The first-order valence-electron chi connectivity index (χ1n) is 16.5. The summed E-state index contributed by atoms with van der Waals surface area (Å²) in [6, 6.07) is 9.37. The number of imidazole rings is 2. The Morgan fingerprint density at radius 3 is 1.83 bits per heavy atom. The van der Waals surface area contributed by atoms with E-state index in [-0.39, 0.29) is 25.5 Å². The van der Waals surface area contributed by atoms with Crippen LogP contribution in [0.25, 0.3) is 0 Å². The average Bonchev–Trinajstić information content (AvgIpc) is 3.66. The third kappa shape index (κ3) is 14.6. The molecule has 14 heteroatoms. The predicted molar refractivity (Wildman–Crippen MR) is 189 cm³/mol. The predicted octanol–water partition coefficient (Wildman–Crippen LogP) is 5.51. The second kappa shape index (κ2) is 18.9. The molecule has 0 spiro atoms. The second-order valence-electron chi connectivity index (χ2n) is 14.2. The molecule has 0 saturated carbocycles. The van der Waals surface area contributed by atoms with Crippen LogP contribution >= 0.6 is 0 Å². The minimum absolute atomic E-state index is 0.160. The molecule has 2 amide bonds. The summed E-state index contributed by atoms with van der Waals surface area (Å²) < 4.78 is 21.0. The van der Waals surface area contributed by atoms with E-state index in [9.17, 15) is 9.59 Å². The number of nitrogens with two attached hydrogens (primary N) is 1. The Balaban J connectivity index is 1.71. The van der Waals surface area contributed by atoms with Gasteiger partial charge >= 0.3 is 6.09 Å². The van der Waals surface area contributed by atoms with Gasteiger partial charge in [-0.25, -0.2) is 14.8 Å². The number of aromatic nitrogens is 4. The number of ether oxygens (including phenoxy) is 3. The normalized spacial score (nSPS) is 11.9. The van der Waals surface area contributed by atoms with Crippen molar-refractivity contribution in [2.75, 3.05) is 26.4 Å². The molecule has 0 fully saturated rings. The van der Waals surface area contributed by atoms with Crippen LogP contribution in [0.5, 0.6) is 0 Å². The summed E-state index contributed by atoms with van der Waals surface area (Å²) in [5, 5.41) is 2.75. The van der Waals surface area contributed by atoms with Crippen LogP contribution in [-0.2, 0) is 47.3 Å². The van der Waals surface area contributed by atoms with Crippen molar-refractivity contribution < 1.29 is 23.8 Å². The number of alkyl carbamates (subject to hydrolysis) is 1. The summed E-state index contributed by atoms with van der Waals surface area (Å²) in [6.07, 6.45) is 8.29. The van der Waals surface area contributed by atoms with E-state index in [1.54, 1.807) is 29.4 Å². The third-order valence-corrected chi connectivity index (χ3v) is 10.9. The Hall–Kier alpha value is -3.31. The Morgan fingerprint density at radius 2 is 1.34 bits per heavy atom. The number of hydrogen-bond donors (Lipinski definition) is 2. The topological polar surface area (TPSA) is 139 Å². The molecule has 47 heavy (non-hydrogen) atoms. The summed E-state index contributed by atoms with van der Waals surface area (Å²) in [7, 11) is -2.42. The molecule has 3 N–H and O–H groups in total. The van der Waals surface area contributed by atoms with Crippen LogP contribution in [0.4, 0.5) is 4.79 Å². The summed E-state index contributed by atoms with van der Waals surface area (Å²) in [4.78, 5) is 36.9. The van der Waals surface area contributed by atoms with Gasteiger partial charge in [0.05, 0.1) is 19.7 Å². The van der Waals surface area contributed by atoms with Gasteiger partial charge in [-0.15, -0.1) is 0 Å². The number of nitrogens with one attached hydrogen (secondary N) is 1. The molecule has 0 radical (unpaired) electrons. The molecule has 2 aromatic heterocycles. The quantitative estimate of drug-likeness (QED) is 0.111. The molecule has 12 nitrogen and oxygen atoms in total. The number of benzene rings is 1. The van der Waals surface area contributed by atoms with Gasteiger partial charge in [0, 0.05) is 66.3 Å². The minimum atomic E-state index is -1.21. The number of carbonyl (C=O) groups excluding carboxylic acids is 2. The molecule has 0 unspecified atom stereocenters. The lowest BCUT2D eigenvalue weighted by atomic mass is 10.1. The highest BCUT2D eigenvalue weighted by Crippen LogP contribution is 2.16. The van der Waals surface area contributed by atoms with E-state index >= 15 is 0 Å². The van der Waals surface area contributed by atoms with E-state index in [4.69, 9.17) is 19.9 Å². The largest absolute Gasteiger partial charge is 0.450 e. The number of nitrogens with zero attached hydrogens (tertiary/aromatic N) is 5. The van der Waals surface area contributed by atoms with Gasteiger partial charge in [0.2, 0.25) is 0 Å². The lowest BCUT2D eigenvalue weighted by Gasteiger charge is -2.24. The summed E-state index contributed by atoms with van der Waals surface area (Å²) in [5.74, 6) is 1.29. The SMILES string of the molecule is C[Si](C)(C)CCOCn1ccnc1CN(Cc1nccn1COCC[Si](C)(C)C)C(=O)c1ccc(CNC(=O)OCCCCN)cc1. The van der Waals surface area contributed by atoms with Crippen molar-refractivity contribution in [1.82, 2.24) is 29.3 Å². The number of rotatable bonds is 21. The zero-order chi connectivity index (χ0) is 34.3. The van der Waals surface area contributed by atoms with Crippen LogP contribution in [0.15, 0.2) is 49.1 Å². The van der Waals surface area contributed by atoms with Crippen molar-refractivity contribution >= 4 is 28.1 Å². The Kier molecular flexibility index (Phi) is 15.3. The van der Waals surface area contributed by atoms with E-state index in [2.05, 4.69) is 54.6 Å². The fourth-order valence-corrected chi connectivity index (χ4v) is 5.94. The van der Waals surface area contributed by atoms with Gasteiger partial charge in [0.25, 0.3) is 5.91 Å². The van der Waals surface area contributed by atoms with Crippen molar-refractivity contribution in [2.45, 2.75) is 97.3 Å². The van der Waals surface area contributed by atoms with E-state index in [0.29, 0.717) is 45.4 Å². The highest BCUT2D eigenvalue weighted by Gasteiger charge is 2.22. The maximum absolute atomic E-state index is 14.0. The van der Waals surface area contributed by atoms with Gasteiger partial charge in [-0.3, -0.25) is 4.79 Å². The third-order valence-electron chi connectivity index (χ3n) is 7.48. The summed E-state index contributed by atoms with van der Waals surface area (Å²) in [6.45, 7) is 17.8. The van der Waals surface area contributed by atoms with Crippen molar-refractivity contribution in [1.29, 1.82) is 0 Å². The summed E-state index contributed by atoms with van der Waals surface area (Å²) in [5.41, 5.74) is 6.85. The Morgan fingerprint density at radius 1 is 0.809 bits per heavy atom. The molecule has 0 aliphatic heterocycles. The van der Waals surface area contributed by atoms with Crippen LogP contribution in [0.3, 0.4) is 0 Å². The van der Waals surface area contributed by atoms with Crippen molar-refractivity contribution in [3.63, 3.8) is 0 Å². The fourth-order valence-electron chi connectivity index (χ4n) is 4.43. The minimum Gasteiger partial charge on any atom is -0.450 e. The van der Waals surface area contributed by atoms with Gasteiger partial charge in [0.15, 0.2) is 0 Å². The molecule has 3 rings (SSSR count). The smallest absolute Gasteiger partial charge is 0.407 e. The highest BCUT2D eigenvalue weighted by atomic mass is 28.3. The van der Waals surface area contributed by atoms with E-state index in [1.807, 2.05) is 33.7 Å². The van der Waals surface area contributed by atoms with Crippen LogP contribution in [0.2, 0.25) is 51.4 Å². The van der Waals surface area contributed by atoms with Gasteiger partial charge in [-0.2, -0.15) is 0 Å². The number of unbranched alkanes of at least 4 members (excludes halogenated alkanes) is 1.